The highest BCUT2D eigenvalue weighted by Gasteiger charge is 2.09. The number of carbonyl (C=O) groups is 1. The number of nitrogens with two attached hydrogens (primary N) is 1. The standard InChI is InChI=1S/C13H13BrN4O2/c1-20-12-5-3-8(6-10(12)14)17-13(19)11-4-2-9(18-15)7-16-11/h2-7,18H,15H2,1H3,(H,17,19). The molecule has 0 bridgehead atoms. The van der Waals surface area contributed by atoms with Crippen LogP contribution in [0.1, 0.15) is 10.5 Å². The molecule has 6 nitrogen and oxygen atoms in total. The molecule has 0 spiro atoms. The SMILES string of the molecule is COc1ccc(NC(=O)c2ccc(NN)cn2)cc1Br. The van der Waals surface area contributed by atoms with E-state index in [1.807, 2.05) is 0 Å². The molecule has 20 heavy (non-hydrogen) atoms. The zero-order chi connectivity index (χ0) is 14.5. The molecule has 0 aliphatic heterocycles. The largest absolute Gasteiger partial charge is 0.496 e. The highest BCUT2D eigenvalue weighted by atomic mass is 79.9. The Hall–Kier alpha value is -2.12. The van der Waals surface area contributed by atoms with Crippen molar-refractivity contribution in [2.45, 2.75) is 0 Å². The highest BCUT2D eigenvalue weighted by molar-refractivity contribution is 9.10. The molecular weight excluding hydrogens is 324 g/mol. The van der Waals surface area contributed by atoms with Crippen LogP contribution < -0.4 is 21.3 Å². The van der Waals surface area contributed by atoms with Gasteiger partial charge in [-0.15, -0.1) is 0 Å². The van der Waals surface area contributed by atoms with Crippen LogP contribution in [0.3, 0.4) is 0 Å². The zero-order valence-electron chi connectivity index (χ0n) is 10.7. The molecule has 2 rings (SSSR count). The van der Waals surface area contributed by atoms with E-state index in [0.717, 1.165) is 4.47 Å². The van der Waals surface area contributed by atoms with Crippen LogP contribution in [0.5, 0.6) is 5.75 Å². The first-order valence-electron chi connectivity index (χ1n) is 5.71. The van der Waals surface area contributed by atoms with Crippen LogP contribution in [0.25, 0.3) is 0 Å². The fourth-order valence-electron chi connectivity index (χ4n) is 1.55. The first-order chi connectivity index (χ1) is 9.63. The molecule has 0 aliphatic carbocycles. The summed E-state index contributed by atoms with van der Waals surface area (Å²) in [6, 6.07) is 8.52. The number of hydrazine groups is 1. The summed E-state index contributed by atoms with van der Waals surface area (Å²) >= 11 is 3.36. The molecule has 0 fully saturated rings. The molecule has 7 heteroatoms. The summed E-state index contributed by atoms with van der Waals surface area (Å²) in [4.78, 5) is 16.0. The number of carbonyl (C=O) groups excluding carboxylic acids is 1. The number of anilines is 2. The minimum atomic E-state index is -0.300. The summed E-state index contributed by atoms with van der Waals surface area (Å²) in [5.74, 6) is 5.63. The van der Waals surface area contributed by atoms with Crippen molar-refractivity contribution < 1.29 is 9.53 Å². The van der Waals surface area contributed by atoms with Crippen LogP contribution >= 0.6 is 15.9 Å². The number of hydrogen-bond donors (Lipinski definition) is 3. The van der Waals surface area contributed by atoms with Gasteiger partial charge in [-0.1, -0.05) is 0 Å². The Balaban J connectivity index is 2.12. The van der Waals surface area contributed by atoms with Gasteiger partial charge in [-0.25, -0.2) is 4.98 Å². The molecule has 0 aliphatic rings. The van der Waals surface area contributed by atoms with Crippen molar-refractivity contribution >= 4 is 33.2 Å². The molecule has 0 radical (unpaired) electrons. The first kappa shape index (κ1) is 14.3. The average molecular weight is 337 g/mol. The molecule has 1 aromatic heterocycles. The maximum Gasteiger partial charge on any atom is 0.274 e. The monoisotopic (exact) mass is 336 g/mol. The summed E-state index contributed by atoms with van der Waals surface area (Å²) in [6.45, 7) is 0. The molecule has 104 valence electrons. The average Bonchev–Trinajstić information content (AvgIpc) is 2.47. The van der Waals surface area contributed by atoms with Gasteiger partial charge in [0.15, 0.2) is 0 Å². The third-order valence-electron chi connectivity index (χ3n) is 2.57. The number of hydrogen-bond acceptors (Lipinski definition) is 5. The number of benzene rings is 1. The Morgan fingerprint density at radius 1 is 1.30 bits per heavy atom. The lowest BCUT2D eigenvalue weighted by Crippen LogP contribution is -2.14. The van der Waals surface area contributed by atoms with E-state index >= 15 is 0 Å². The molecule has 4 N–H and O–H groups in total. The number of nitrogens with one attached hydrogen (secondary N) is 2. The van der Waals surface area contributed by atoms with E-state index in [0.29, 0.717) is 22.8 Å². The Morgan fingerprint density at radius 2 is 2.05 bits per heavy atom. The maximum absolute atomic E-state index is 12.0. The van der Waals surface area contributed by atoms with Gasteiger partial charge in [0, 0.05) is 5.69 Å². The van der Waals surface area contributed by atoms with Crippen molar-refractivity contribution in [3.05, 3.63) is 46.7 Å². The predicted molar refractivity (Wildman–Crippen MR) is 80.7 cm³/mol. The number of ether oxygens (including phenoxy) is 1. The lowest BCUT2D eigenvalue weighted by atomic mass is 10.2. The van der Waals surface area contributed by atoms with E-state index in [1.165, 1.54) is 6.20 Å². The molecule has 0 saturated heterocycles. The van der Waals surface area contributed by atoms with Crippen molar-refractivity contribution in [3.8, 4) is 5.75 Å². The quantitative estimate of drug-likeness (QED) is 0.589. The van der Waals surface area contributed by atoms with E-state index < -0.39 is 0 Å². The van der Waals surface area contributed by atoms with Gasteiger partial charge in [0.1, 0.15) is 11.4 Å². The number of aromatic nitrogens is 1. The summed E-state index contributed by atoms with van der Waals surface area (Å²) in [7, 11) is 1.58. The van der Waals surface area contributed by atoms with Crippen molar-refractivity contribution in [3.63, 3.8) is 0 Å². The Bertz CT molecular complexity index is 616. The fraction of sp³-hybridized carbons (Fsp3) is 0.0769. The van der Waals surface area contributed by atoms with Crippen molar-refractivity contribution in [1.82, 2.24) is 4.98 Å². The van der Waals surface area contributed by atoms with Gasteiger partial charge < -0.3 is 15.5 Å². The van der Waals surface area contributed by atoms with Gasteiger partial charge in [-0.3, -0.25) is 10.6 Å². The number of amides is 1. The third kappa shape index (κ3) is 3.25. The van der Waals surface area contributed by atoms with Gasteiger partial charge >= 0.3 is 0 Å². The van der Waals surface area contributed by atoms with Crippen LogP contribution in [0, 0.1) is 0 Å². The van der Waals surface area contributed by atoms with Gasteiger partial charge in [-0.2, -0.15) is 0 Å². The normalized spacial score (nSPS) is 9.95. The Kier molecular flexibility index (Phi) is 4.54. The summed E-state index contributed by atoms with van der Waals surface area (Å²) in [6.07, 6.45) is 1.48. The van der Waals surface area contributed by atoms with Gasteiger partial charge in [0.25, 0.3) is 5.91 Å². The minimum absolute atomic E-state index is 0.300. The number of pyridine rings is 1. The van der Waals surface area contributed by atoms with E-state index in [4.69, 9.17) is 10.6 Å². The van der Waals surface area contributed by atoms with Crippen LogP contribution in [-0.2, 0) is 0 Å². The predicted octanol–water partition coefficient (Wildman–Crippen LogP) is 2.39. The second kappa shape index (κ2) is 6.36. The fourth-order valence-corrected chi connectivity index (χ4v) is 2.09. The smallest absolute Gasteiger partial charge is 0.274 e. The summed E-state index contributed by atoms with van der Waals surface area (Å²) in [5, 5.41) is 2.75. The number of nitrogens with zero attached hydrogens (tertiary/aromatic N) is 1. The van der Waals surface area contributed by atoms with Crippen LogP contribution in [0.15, 0.2) is 41.0 Å². The Morgan fingerprint density at radius 3 is 2.60 bits per heavy atom. The third-order valence-corrected chi connectivity index (χ3v) is 3.19. The second-order valence-electron chi connectivity index (χ2n) is 3.88. The lowest BCUT2D eigenvalue weighted by Gasteiger charge is -2.08. The number of halogens is 1. The highest BCUT2D eigenvalue weighted by Crippen LogP contribution is 2.27. The zero-order valence-corrected chi connectivity index (χ0v) is 12.3. The second-order valence-corrected chi connectivity index (χ2v) is 4.73. The van der Waals surface area contributed by atoms with Gasteiger partial charge in [0.2, 0.25) is 0 Å². The molecule has 1 heterocycles. The summed E-state index contributed by atoms with van der Waals surface area (Å²) in [5.41, 5.74) is 4.03. The van der Waals surface area contributed by atoms with Crippen LogP contribution in [0.4, 0.5) is 11.4 Å². The van der Waals surface area contributed by atoms with E-state index in [-0.39, 0.29) is 5.91 Å². The molecule has 1 aromatic carbocycles. The molecular formula is C13H13BrN4O2. The Labute approximate surface area is 124 Å². The number of rotatable bonds is 4. The maximum atomic E-state index is 12.0. The van der Waals surface area contributed by atoms with E-state index in [9.17, 15) is 4.79 Å². The van der Waals surface area contributed by atoms with Crippen molar-refractivity contribution in [1.29, 1.82) is 0 Å². The van der Waals surface area contributed by atoms with Gasteiger partial charge in [-0.05, 0) is 46.3 Å². The molecule has 0 unspecified atom stereocenters. The van der Waals surface area contributed by atoms with Crippen molar-refractivity contribution in [2.75, 3.05) is 17.9 Å². The van der Waals surface area contributed by atoms with Crippen LogP contribution in [0.2, 0.25) is 0 Å². The van der Waals surface area contributed by atoms with E-state index in [2.05, 4.69) is 31.7 Å². The topological polar surface area (TPSA) is 89.3 Å². The van der Waals surface area contributed by atoms with Gasteiger partial charge in [0.05, 0.1) is 23.5 Å². The lowest BCUT2D eigenvalue weighted by molar-refractivity contribution is 0.102. The molecule has 0 atom stereocenters. The molecule has 1 amide bonds. The number of methoxy groups -OCH3 is 1. The number of nitrogen functional groups attached to an aromatic ring is 1. The first-order valence-corrected chi connectivity index (χ1v) is 6.51. The van der Waals surface area contributed by atoms with Crippen molar-refractivity contribution in [2.24, 2.45) is 5.84 Å². The molecule has 0 saturated carbocycles. The molecule has 2 aromatic rings. The van der Waals surface area contributed by atoms with E-state index in [1.54, 1.807) is 37.4 Å². The minimum Gasteiger partial charge on any atom is -0.496 e. The summed E-state index contributed by atoms with van der Waals surface area (Å²) < 4.78 is 5.88. The van der Waals surface area contributed by atoms with Crippen LogP contribution in [-0.4, -0.2) is 18.0 Å².